The van der Waals surface area contributed by atoms with Gasteiger partial charge in [0, 0.05) is 23.6 Å². The van der Waals surface area contributed by atoms with Crippen LogP contribution >= 0.6 is 0 Å². The average molecular weight is 417 g/mol. The number of ether oxygens (including phenoxy) is 1. The lowest BCUT2D eigenvalue weighted by molar-refractivity contribution is -0.136. The number of fused-ring (bicyclic) bond motifs is 1. The van der Waals surface area contributed by atoms with Crippen molar-refractivity contribution in [1.82, 2.24) is 15.1 Å². The number of hydrogen-bond donors (Lipinski definition) is 1. The van der Waals surface area contributed by atoms with Crippen molar-refractivity contribution in [2.24, 2.45) is 0 Å². The minimum atomic E-state index is -0.756. The first kappa shape index (κ1) is 20.8. The van der Waals surface area contributed by atoms with E-state index in [2.05, 4.69) is 24.1 Å². The SMILES string of the molecule is CCN(CC)[C@@H]1CCC[C@@H]1Oc1ccc2c(c1F)CN(C1CCC(=O)NC1=O)C2=O. The fraction of sp³-hybridized carbons (Fsp3) is 0.591. The van der Waals surface area contributed by atoms with Crippen LogP contribution in [0.15, 0.2) is 12.1 Å². The summed E-state index contributed by atoms with van der Waals surface area (Å²) in [6.07, 6.45) is 3.28. The number of halogens is 1. The number of imide groups is 1. The molecule has 0 aromatic heterocycles. The number of likely N-dealkylation sites (N-methyl/N-ethyl adjacent to an activating group) is 1. The molecule has 3 aliphatic rings. The van der Waals surface area contributed by atoms with Crippen molar-refractivity contribution in [3.05, 3.63) is 29.1 Å². The summed E-state index contributed by atoms with van der Waals surface area (Å²) in [6, 6.07) is 2.61. The Morgan fingerprint density at radius 2 is 1.93 bits per heavy atom. The molecule has 30 heavy (non-hydrogen) atoms. The number of piperidine rings is 1. The lowest BCUT2D eigenvalue weighted by atomic mass is 10.0. The molecule has 1 aromatic carbocycles. The molecule has 0 spiro atoms. The van der Waals surface area contributed by atoms with Crippen LogP contribution in [-0.2, 0) is 16.1 Å². The lowest BCUT2D eigenvalue weighted by Gasteiger charge is -2.31. The monoisotopic (exact) mass is 417 g/mol. The largest absolute Gasteiger partial charge is 0.486 e. The molecule has 1 unspecified atom stereocenters. The van der Waals surface area contributed by atoms with Gasteiger partial charge in [0.25, 0.3) is 5.91 Å². The van der Waals surface area contributed by atoms with Gasteiger partial charge in [0.1, 0.15) is 12.1 Å². The first-order valence-corrected chi connectivity index (χ1v) is 10.8. The molecule has 1 aliphatic carbocycles. The normalized spacial score (nSPS) is 26.3. The molecule has 1 aromatic rings. The summed E-state index contributed by atoms with van der Waals surface area (Å²) in [6.45, 7) is 6.08. The second-order valence-corrected chi connectivity index (χ2v) is 8.18. The molecule has 4 rings (SSSR count). The van der Waals surface area contributed by atoms with E-state index in [1.165, 1.54) is 11.0 Å². The van der Waals surface area contributed by atoms with E-state index in [-0.39, 0.29) is 60.2 Å². The first-order chi connectivity index (χ1) is 14.4. The molecule has 1 saturated heterocycles. The summed E-state index contributed by atoms with van der Waals surface area (Å²) < 4.78 is 21.4. The van der Waals surface area contributed by atoms with E-state index in [0.29, 0.717) is 0 Å². The molecule has 0 bridgehead atoms. The molecular weight excluding hydrogens is 389 g/mol. The van der Waals surface area contributed by atoms with Gasteiger partial charge in [-0.05, 0) is 50.9 Å². The van der Waals surface area contributed by atoms with Crippen molar-refractivity contribution in [1.29, 1.82) is 0 Å². The quantitative estimate of drug-likeness (QED) is 0.718. The topological polar surface area (TPSA) is 79.0 Å². The summed E-state index contributed by atoms with van der Waals surface area (Å²) in [5, 5.41) is 2.26. The van der Waals surface area contributed by atoms with Gasteiger partial charge in [-0.3, -0.25) is 24.6 Å². The third-order valence-corrected chi connectivity index (χ3v) is 6.59. The van der Waals surface area contributed by atoms with Crippen LogP contribution in [-0.4, -0.2) is 58.8 Å². The number of hydrogen-bond acceptors (Lipinski definition) is 5. The Bertz CT molecular complexity index is 870. The molecule has 3 atom stereocenters. The number of benzene rings is 1. The number of nitrogens with zero attached hydrogens (tertiary/aromatic N) is 2. The Balaban J connectivity index is 1.53. The molecule has 2 aliphatic heterocycles. The predicted molar refractivity (Wildman–Crippen MR) is 107 cm³/mol. The van der Waals surface area contributed by atoms with Crippen LogP contribution in [0.4, 0.5) is 4.39 Å². The van der Waals surface area contributed by atoms with Crippen LogP contribution in [0.25, 0.3) is 0 Å². The third kappa shape index (κ3) is 3.57. The smallest absolute Gasteiger partial charge is 0.255 e. The zero-order valence-corrected chi connectivity index (χ0v) is 17.4. The van der Waals surface area contributed by atoms with Crippen molar-refractivity contribution in [2.45, 2.75) is 70.7 Å². The number of carbonyl (C=O) groups excluding carboxylic acids is 3. The van der Waals surface area contributed by atoms with Gasteiger partial charge in [-0.25, -0.2) is 4.39 Å². The molecular formula is C22H28FN3O4. The second-order valence-electron chi connectivity index (χ2n) is 8.18. The molecule has 1 saturated carbocycles. The Labute approximate surface area is 175 Å². The van der Waals surface area contributed by atoms with Gasteiger partial charge in [-0.15, -0.1) is 0 Å². The van der Waals surface area contributed by atoms with E-state index in [1.807, 2.05) is 0 Å². The standard InChI is InChI=1S/C22H28FN3O4/c1-3-25(4-2)15-6-5-7-17(15)30-18-10-8-13-14(20(18)23)12-26(22(13)29)16-9-11-19(27)24-21(16)28/h8,10,15-17H,3-7,9,11-12H2,1-2H3,(H,24,27,28)/t15-,16?,17+/m1/s1. The van der Waals surface area contributed by atoms with Crippen LogP contribution in [0, 0.1) is 5.82 Å². The van der Waals surface area contributed by atoms with Gasteiger partial charge in [0.05, 0.1) is 6.54 Å². The Kier molecular flexibility index (Phi) is 5.77. The molecule has 0 radical (unpaired) electrons. The highest BCUT2D eigenvalue weighted by molar-refractivity contribution is 6.05. The van der Waals surface area contributed by atoms with Crippen molar-refractivity contribution in [3.8, 4) is 5.75 Å². The minimum absolute atomic E-state index is 0.00756. The highest BCUT2D eigenvalue weighted by Gasteiger charge is 2.41. The molecule has 1 N–H and O–H groups in total. The summed E-state index contributed by atoms with van der Waals surface area (Å²) >= 11 is 0. The average Bonchev–Trinajstić information content (AvgIpc) is 3.31. The van der Waals surface area contributed by atoms with Crippen molar-refractivity contribution in [2.75, 3.05) is 13.1 Å². The molecule has 2 fully saturated rings. The third-order valence-electron chi connectivity index (χ3n) is 6.59. The minimum Gasteiger partial charge on any atom is -0.486 e. The number of amides is 3. The van der Waals surface area contributed by atoms with Crippen LogP contribution in [0.2, 0.25) is 0 Å². The van der Waals surface area contributed by atoms with Gasteiger partial charge in [0.15, 0.2) is 11.6 Å². The maximum absolute atomic E-state index is 15.3. The highest BCUT2D eigenvalue weighted by Crippen LogP contribution is 2.35. The van der Waals surface area contributed by atoms with Gasteiger partial charge in [-0.2, -0.15) is 0 Å². The van der Waals surface area contributed by atoms with E-state index in [9.17, 15) is 14.4 Å². The van der Waals surface area contributed by atoms with Gasteiger partial charge in [0.2, 0.25) is 11.8 Å². The van der Waals surface area contributed by atoms with Crippen molar-refractivity contribution < 1.29 is 23.5 Å². The van der Waals surface area contributed by atoms with E-state index in [0.717, 1.165) is 32.4 Å². The van der Waals surface area contributed by atoms with Crippen LogP contribution in [0.3, 0.4) is 0 Å². The second kappa shape index (κ2) is 8.34. The van der Waals surface area contributed by atoms with Gasteiger partial charge in [-0.1, -0.05) is 13.8 Å². The zero-order chi connectivity index (χ0) is 21.4. The zero-order valence-electron chi connectivity index (χ0n) is 17.4. The van der Waals surface area contributed by atoms with Crippen LogP contribution in [0.1, 0.15) is 61.9 Å². The Hall–Kier alpha value is -2.48. The number of nitrogens with one attached hydrogen (secondary N) is 1. The lowest BCUT2D eigenvalue weighted by Crippen LogP contribution is -2.52. The molecule has 8 heteroatoms. The summed E-state index contributed by atoms with van der Waals surface area (Å²) in [5.41, 5.74) is 0.524. The maximum atomic E-state index is 15.3. The molecule has 3 amide bonds. The van der Waals surface area contributed by atoms with E-state index < -0.39 is 17.8 Å². The fourth-order valence-electron chi connectivity index (χ4n) is 4.99. The first-order valence-electron chi connectivity index (χ1n) is 10.8. The van der Waals surface area contributed by atoms with Gasteiger partial charge < -0.3 is 9.64 Å². The molecule has 7 nitrogen and oxygen atoms in total. The maximum Gasteiger partial charge on any atom is 0.255 e. The molecule has 162 valence electrons. The summed E-state index contributed by atoms with van der Waals surface area (Å²) in [4.78, 5) is 40.1. The van der Waals surface area contributed by atoms with E-state index in [4.69, 9.17) is 4.74 Å². The molecule has 2 heterocycles. The van der Waals surface area contributed by atoms with Crippen molar-refractivity contribution >= 4 is 17.7 Å². The number of carbonyl (C=O) groups is 3. The fourth-order valence-corrected chi connectivity index (χ4v) is 4.99. The highest BCUT2D eigenvalue weighted by atomic mass is 19.1. The van der Waals surface area contributed by atoms with Gasteiger partial charge >= 0.3 is 0 Å². The van der Waals surface area contributed by atoms with Crippen molar-refractivity contribution in [3.63, 3.8) is 0 Å². The van der Waals surface area contributed by atoms with Crippen LogP contribution in [0.5, 0.6) is 5.75 Å². The van der Waals surface area contributed by atoms with E-state index in [1.54, 1.807) is 6.07 Å². The Morgan fingerprint density at radius 1 is 1.17 bits per heavy atom. The van der Waals surface area contributed by atoms with Crippen LogP contribution < -0.4 is 10.1 Å². The summed E-state index contributed by atoms with van der Waals surface area (Å²) in [7, 11) is 0. The summed E-state index contributed by atoms with van der Waals surface area (Å²) in [5.74, 6) is -1.60. The predicted octanol–water partition coefficient (Wildman–Crippen LogP) is 2.23. The Morgan fingerprint density at radius 3 is 2.63 bits per heavy atom. The number of rotatable bonds is 6. The van der Waals surface area contributed by atoms with E-state index >= 15 is 4.39 Å².